The Balaban J connectivity index is 2.58. The van der Waals surface area contributed by atoms with Crippen LogP contribution < -0.4 is 0 Å². The molecule has 9 heavy (non-hydrogen) atoms. The van der Waals surface area contributed by atoms with Crippen molar-refractivity contribution in [3.8, 4) is 0 Å². The van der Waals surface area contributed by atoms with Gasteiger partial charge in [-0.05, 0) is 13.8 Å². The standard InChI is InChI=1S/C6H12N2S/c1-5-4-9-6(2)7-8(5)3/h5H,4H2,1-3H3. The van der Waals surface area contributed by atoms with Gasteiger partial charge in [-0.25, -0.2) is 0 Å². The van der Waals surface area contributed by atoms with E-state index in [0.29, 0.717) is 6.04 Å². The molecule has 3 heteroatoms. The molecule has 0 aromatic carbocycles. The van der Waals surface area contributed by atoms with E-state index in [9.17, 15) is 0 Å². The summed E-state index contributed by atoms with van der Waals surface area (Å²) in [5.41, 5.74) is 0. The van der Waals surface area contributed by atoms with E-state index in [1.807, 2.05) is 30.7 Å². The van der Waals surface area contributed by atoms with Crippen molar-refractivity contribution in [2.75, 3.05) is 12.8 Å². The third-order valence-corrected chi connectivity index (χ3v) is 2.62. The van der Waals surface area contributed by atoms with Gasteiger partial charge in [-0.3, -0.25) is 5.01 Å². The molecule has 1 aliphatic rings. The number of hydrogen-bond acceptors (Lipinski definition) is 3. The van der Waals surface area contributed by atoms with Crippen molar-refractivity contribution >= 4 is 16.8 Å². The smallest absolute Gasteiger partial charge is 0.0903 e. The van der Waals surface area contributed by atoms with Gasteiger partial charge in [0.2, 0.25) is 0 Å². The third-order valence-electron chi connectivity index (χ3n) is 1.47. The van der Waals surface area contributed by atoms with Crippen LogP contribution in [0.25, 0.3) is 0 Å². The molecular weight excluding hydrogens is 132 g/mol. The van der Waals surface area contributed by atoms with E-state index in [2.05, 4.69) is 12.0 Å². The van der Waals surface area contributed by atoms with Crippen molar-refractivity contribution in [1.29, 1.82) is 0 Å². The second-order valence-electron chi connectivity index (χ2n) is 2.35. The van der Waals surface area contributed by atoms with E-state index in [1.54, 1.807) is 0 Å². The summed E-state index contributed by atoms with van der Waals surface area (Å²) in [5, 5.41) is 7.47. The summed E-state index contributed by atoms with van der Waals surface area (Å²) in [7, 11) is 2.02. The van der Waals surface area contributed by atoms with Crippen LogP contribution in [-0.2, 0) is 0 Å². The van der Waals surface area contributed by atoms with E-state index in [4.69, 9.17) is 0 Å². The Hall–Kier alpha value is -0.180. The molecule has 0 aliphatic carbocycles. The van der Waals surface area contributed by atoms with E-state index in [1.165, 1.54) is 10.8 Å². The molecule has 1 rings (SSSR count). The number of hydrogen-bond donors (Lipinski definition) is 0. The summed E-state index contributed by atoms with van der Waals surface area (Å²) < 4.78 is 0. The van der Waals surface area contributed by atoms with Gasteiger partial charge in [-0.2, -0.15) is 5.10 Å². The average Bonchev–Trinajstić information content (AvgIpc) is 1.80. The Morgan fingerprint density at radius 2 is 2.44 bits per heavy atom. The first-order valence-electron chi connectivity index (χ1n) is 3.11. The summed E-state index contributed by atoms with van der Waals surface area (Å²) in [6.07, 6.45) is 0. The van der Waals surface area contributed by atoms with E-state index >= 15 is 0 Å². The summed E-state index contributed by atoms with van der Waals surface area (Å²) in [4.78, 5) is 0. The molecule has 0 fully saturated rings. The maximum atomic E-state index is 4.28. The highest BCUT2D eigenvalue weighted by atomic mass is 32.2. The van der Waals surface area contributed by atoms with Crippen LogP contribution in [0, 0.1) is 0 Å². The van der Waals surface area contributed by atoms with Gasteiger partial charge in [0, 0.05) is 12.8 Å². The molecule has 52 valence electrons. The lowest BCUT2D eigenvalue weighted by Crippen LogP contribution is -2.30. The molecule has 0 aromatic rings. The molecular formula is C6H12N2S. The summed E-state index contributed by atoms with van der Waals surface area (Å²) >= 11 is 1.84. The summed E-state index contributed by atoms with van der Waals surface area (Å²) in [6.45, 7) is 4.23. The Morgan fingerprint density at radius 3 is 2.89 bits per heavy atom. The van der Waals surface area contributed by atoms with Gasteiger partial charge in [0.05, 0.1) is 11.1 Å². The molecule has 0 radical (unpaired) electrons. The normalized spacial score (nSPS) is 28.1. The van der Waals surface area contributed by atoms with Crippen LogP contribution in [0.2, 0.25) is 0 Å². The third kappa shape index (κ3) is 1.61. The Bertz CT molecular complexity index is 133. The van der Waals surface area contributed by atoms with Crippen molar-refractivity contribution in [2.24, 2.45) is 5.10 Å². The van der Waals surface area contributed by atoms with Gasteiger partial charge >= 0.3 is 0 Å². The molecule has 0 bridgehead atoms. The molecule has 0 saturated carbocycles. The van der Waals surface area contributed by atoms with E-state index in [0.717, 1.165) is 0 Å². The summed E-state index contributed by atoms with van der Waals surface area (Å²) in [5.74, 6) is 1.17. The van der Waals surface area contributed by atoms with Crippen LogP contribution in [0.1, 0.15) is 13.8 Å². The Kier molecular flexibility index (Phi) is 2.01. The lowest BCUT2D eigenvalue weighted by Gasteiger charge is -2.26. The van der Waals surface area contributed by atoms with Gasteiger partial charge in [0.25, 0.3) is 0 Å². The molecule has 1 heterocycles. The fraction of sp³-hybridized carbons (Fsp3) is 0.833. The SMILES string of the molecule is CC1=NN(C)C(C)CS1. The first-order valence-corrected chi connectivity index (χ1v) is 4.09. The van der Waals surface area contributed by atoms with Gasteiger partial charge in [-0.15, -0.1) is 11.8 Å². The number of hydrazone groups is 1. The highest BCUT2D eigenvalue weighted by Crippen LogP contribution is 2.15. The maximum absolute atomic E-state index is 4.28. The van der Waals surface area contributed by atoms with Crippen molar-refractivity contribution in [3.05, 3.63) is 0 Å². The van der Waals surface area contributed by atoms with Gasteiger partial charge in [0.15, 0.2) is 0 Å². The quantitative estimate of drug-likeness (QED) is 0.510. The largest absolute Gasteiger partial charge is 0.296 e. The molecule has 0 aromatic heterocycles. The van der Waals surface area contributed by atoms with E-state index < -0.39 is 0 Å². The Morgan fingerprint density at radius 1 is 1.78 bits per heavy atom. The fourth-order valence-corrected chi connectivity index (χ4v) is 1.58. The predicted molar refractivity (Wildman–Crippen MR) is 42.8 cm³/mol. The molecule has 0 amide bonds. The van der Waals surface area contributed by atoms with Crippen molar-refractivity contribution in [2.45, 2.75) is 19.9 Å². The molecule has 1 unspecified atom stereocenters. The monoisotopic (exact) mass is 144 g/mol. The molecule has 0 N–H and O–H groups in total. The summed E-state index contributed by atoms with van der Waals surface area (Å²) in [6, 6.07) is 0.596. The molecule has 1 aliphatic heterocycles. The zero-order chi connectivity index (χ0) is 6.85. The van der Waals surface area contributed by atoms with Gasteiger partial charge in [0.1, 0.15) is 0 Å². The highest BCUT2D eigenvalue weighted by molar-refractivity contribution is 8.13. The maximum Gasteiger partial charge on any atom is 0.0903 e. The number of rotatable bonds is 0. The molecule has 0 spiro atoms. The minimum absolute atomic E-state index is 0.596. The van der Waals surface area contributed by atoms with Gasteiger partial charge < -0.3 is 0 Å². The number of thioether (sulfide) groups is 1. The average molecular weight is 144 g/mol. The topological polar surface area (TPSA) is 15.6 Å². The first kappa shape index (κ1) is 6.93. The lowest BCUT2D eigenvalue weighted by atomic mass is 10.4. The predicted octanol–water partition coefficient (Wildman–Crippen LogP) is 1.39. The Labute approximate surface area is 60.3 Å². The van der Waals surface area contributed by atoms with Crippen LogP contribution in [0.15, 0.2) is 5.10 Å². The van der Waals surface area contributed by atoms with Crippen LogP contribution in [0.3, 0.4) is 0 Å². The second-order valence-corrected chi connectivity index (χ2v) is 3.57. The van der Waals surface area contributed by atoms with Crippen LogP contribution >= 0.6 is 11.8 Å². The molecule has 0 saturated heterocycles. The molecule has 2 nitrogen and oxygen atoms in total. The zero-order valence-electron chi connectivity index (χ0n) is 6.09. The van der Waals surface area contributed by atoms with Crippen molar-refractivity contribution in [1.82, 2.24) is 5.01 Å². The minimum Gasteiger partial charge on any atom is -0.296 e. The fourth-order valence-electron chi connectivity index (χ4n) is 0.699. The highest BCUT2D eigenvalue weighted by Gasteiger charge is 2.12. The van der Waals surface area contributed by atoms with Crippen molar-refractivity contribution in [3.63, 3.8) is 0 Å². The number of nitrogens with zero attached hydrogens (tertiary/aromatic N) is 2. The van der Waals surface area contributed by atoms with Gasteiger partial charge in [-0.1, -0.05) is 0 Å². The van der Waals surface area contributed by atoms with Crippen LogP contribution in [0.5, 0.6) is 0 Å². The van der Waals surface area contributed by atoms with E-state index in [-0.39, 0.29) is 0 Å². The van der Waals surface area contributed by atoms with Crippen molar-refractivity contribution < 1.29 is 0 Å². The lowest BCUT2D eigenvalue weighted by molar-refractivity contribution is 0.290. The molecule has 1 atom stereocenters. The second kappa shape index (κ2) is 2.60. The van der Waals surface area contributed by atoms with Crippen LogP contribution in [-0.4, -0.2) is 28.9 Å². The zero-order valence-corrected chi connectivity index (χ0v) is 6.90. The van der Waals surface area contributed by atoms with Crippen LogP contribution in [0.4, 0.5) is 0 Å². The minimum atomic E-state index is 0.596. The first-order chi connectivity index (χ1) is 4.20.